The van der Waals surface area contributed by atoms with Crippen molar-refractivity contribution in [2.24, 2.45) is 5.92 Å². The number of carbonyl (C=O) groups is 2. The molecule has 0 aromatic carbocycles. The minimum absolute atomic E-state index is 0.0681. The van der Waals surface area contributed by atoms with E-state index in [9.17, 15) is 24.9 Å². The quantitative estimate of drug-likeness (QED) is 0.0336. The van der Waals surface area contributed by atoms with Crippen LogP contribution in [0.2, 0.25) is 0 Å². The van der Waals surface area contributed by atoms with Crippen molar-refractivity contribution in [3.8, 4) is 0 Å². The highest BCUT2D eigenvalue weighted by atomic mass is 16.6. The maximum Gasteiger partial charge on any atom is 0.306 e. The third kappa shape index (κ3) is 35.9. The molecule has 7 heteroatoms. The average molecular weight is 719 g/mol. The standard InChI is InChI=1S/C44H78O7/c1-4-5-6-7-8-9-10-17-20-23-26-29-33-41(46)42(47)34-31-36-43(48)50-38-40(37-45)51-44(49)35-30-27-24-21-18-15-13-11-12-14-16-19-22-25-28-32-39(2)3/h5-6,8-9,17,20,26,29,39-42,45-47H,4,7,10-16,18-19,21-25,27-28,30-38H2,1-3H3/b6-5-,9-8-,20-17-,29-26-/t40-,41-,42-/m0/s1. The van der Waals surface area contributed by atoms with Crippen molar-refractivity contribution < 1.29 is 34.4 Å². The molecule has 0 fully saturated rings. The van der Waals surface area contributed by atoms with Crippen molar-refractivity contribution in [3.05, 3.63) is 48.6 Å². The molecule has 0 aliphatic heterocycles. The lowest BCUT2D eigenvalue weighted by Crippen LogP contribution is -2.28. The van der Waals surface area contributed by atoms with Gasteiger partial charge in [-0.2, -0.15) is 0 Å². The van der Waals surface area contributed by atoms with Gasteiger partial charge in [-0.3, -0.25) is 9.59 Å². The van der Waals surface area contributed by atoms with Crippen molar-refractivity contribution in [2.75, 3.05) is 13.2 Å². The molecule has 0 unspecified atom stereocenters. The molecule has 0 aliphatic rings. The van der Waals surface area contributed by atoms with E-state index in [1.807, 2.05) is 12.2 Å². The number of carbonyl (C=O) groups excluding carboxylic acids is 2. The molecular formula is C44H78O7. The molecule has 0 bridgehead atoms. The monoisotopic (exact) mass is 719 g/mol. The summed E-state index contributed by atoms with van der Waals surface area (Å²) in [6.45, 7) is 6.12. The summed E-state index contributed by atoms with van der Waals surface area (Å²) in [7, 11) is 0. The van der Waals surface area contributed by atoms with Gasteiger partial charge in [-0.25, -0.2) is 0 Å². The van der Waals surface area contributed by atoms with E-state index in [-0.39, 0.29) is 25.4 Å². The molecular weight excluding hydrogens is 640 g/mol. The van der Waals surface area contributed by atoms with Gasteiger partial charge >= 0.3 is 11.9 Å². The first-order chi connectivity index (χ1) is 24.8. The Morgan fingerprint density at radius 2 is 1.00 bits per heavy atom. The Hall–Kier alpha value is -2.22. The van der Waals surface area contributed by atoms with E-state index < -0.39 is 30.9 Å². The van der Waals surface area contributed by atoms with Crippen LogP contribution >= 0.6 is 0 Å². The second-order valence-corrected chi connectivity index (χ2v) is 14.5. The van der Waals surface area contributed by atoms with Gasteiger partial charge in [0, 0.05) is 12.8 Å². The van der Waals surface area contributed by atoms with E-state index in [0.29, 0.717) is 19.3 Å². The summed E-state index contributed by atoms with van der Waals surface area (Å²) >= 11 is 0. The Labute approximate surface area is 313 Å². The average Bonchev–Trinajstić information content (AvgIpc) is 3.11. The molecule has 3 atom stereocenters. The number of hydrogen-bond acceptors (Lipinski definition) is 7. The zero-order chi connectivity index (χ0) is 37.6. The summed E-state index contributed by atoms with van der Waals surface area (Å²) < 4.78 is 10.5. The van der Waals surface area contributed by atoms with Crippen LogP contribution < -0.4 is 0 Å². The predicted molar refractivity (Wildman–Crippen MR) is 212 cm³/mol. The van der Waals surface area contributed by atoms with Gasteiger partial charge in [-0.05, 0) is 57.3 Å². The molecule has 0 saturated heterocycles. The maximum atomic E-state index is 12.2. The number of esters is 2. The zero-order valence-corrected chi connectivity index (χ0v) is 33.0. The molecule has 0 amide bonds. The summed E-state index contributed by atoms with van der Waals surface area (Å²) in [6.07, 6.45) is 39.2. The first kappa shape index (κ1) is 48.8. The molecule has 0 radical (unpaired) electrons. The molecule has 0 aromatic heterocycles. The van der Waals surface area contributed by atoms with Crippen LogP contribution in [-0.2, 0) is 19.1 Å². The molecule has 0 heterocycles. The van der Waals surface area contributed by atoms with Crippen molar-refractivity contribution >= 4 is 11.9 Å². The number of ether oxygens (including phenoxy) is 2. The Balaban J connectivity index is 3.77. The minimum atomic E-state index is -0.935. The molecule has 296 valence electrons. The second kappa shape index (κ2) is 37.5. The third-order valence-corrected chi connectivity index (χ3v) is 9.02. The van der Waals surface area contributed by atoms with Crippen molar-refractivity contribution in [3.63, 3.8) is 0 Å². The summed E-state index contributed by atoms with van der Waals surface area (Å²) in [6, 6.07) is 0. The zero-order valence-electron chi connectivity index (χ0n) is 33.0. The molecule has 0 rings (SSSR count). The van der Waals surface area contributed by atoms with Crippen LogP contribution in [0.15, 0.2) is 48.6 Å². The van der Waals surface area contributed by atoms with Crippen LogP contribution in [0.4, 0.5) is 0 Å². The largest absolute Gasteiger partial charge is 0.462 e. The van der Waals surface area contributed by atoms with Gasteiger partial charge in [0.25, 0.3) is 0 Å². The second-order valence-electron chi connectivity index (χ2n) is 14.5. The number of hydrogen-bond donors (Lipinski definition) is 3. The fraction of sp³-hybridized carbons (Fsp3) is 0.773. The van der Waals surface area contributed by atoms with E-state index in [2.05, 4.69) is 57.2 Å². The van der Waals surface area contributed by atoms with Crippen LogP contribution in [0.25, 0.3) is 0 Å². The highest BCUT2D eigenvalue weighted by molar-refractivity contribution is 5.70. The van der Waals surface area contributed by atoms with Crippen LogP contribution in [-0.4, -0.2) is 58.8 Å². The maximum absolute atomic E-state index is 12.2. The SMILES string of the molecule is CC/C=C\C/C=C\C/C=C\C/C=C\C[C@H](O)[C@@H](O)CCCC(=O)OC[C@H](CO)OC(=O)CCCCCCCCCCCCCCCCCC(C)C. The van der Waals surface area contributed by atoms with E-state index in [4.69, 9.17) is 9.47 Å². The normalized spacial score (nSPS) is 14.0. The highest BCUT2D eigenvalue weighted by Gasteiger charge is 2.18. The Morgan fingerprint density at radius 1 is 0.549 bits per heavy atom. The minimum Gasteiger partial charge on any atom is -0.462 e. The van der Waals surface area contributed by atoms with Crippen molar-refractivity contribution in [2.45, 2.75) is 200 Å². The Morgan fingerprint density at radius 3 is 1.49 bits per heavy atom. The lowest BCUT2D eigenvalue weighted by Gasteiger charge is -2.17. The van der Waals surface area contributed by atoms with Crippen LogP contribution in [0.5, 0.6) is 0 Å². The number of unbranched alkanes of at least 4 members (excludes halogenated alkanes) is 14. The third-order valence-electron chi connectivity index (χ3n) is 9.02. The van der Waals surface area contributed by atoms with Gasteiger partial charge in [0.2, 0.25) is 0 Å². The van der Waals surface area contributed by atoms with Crippen LogP contribution in [0.1, 0.15) is 181 Å². The molecule has 7 nitrogen and oxygen atoms in total. The molecule has 0 aliphatic carbocycles. The van der Waals surface area contributed by atoms with Crippen molar-refractivity contribution in [1.82, 2.24) is 0 Å². The molecule has 0 saturated carbocycles. The summed E-state index contributed by atoms with van der Waals surface area (Å²) in [4.78, 5) is 24.3. The molecule has 51 heavy (non-hydrogen) atoms. The molecule has 0 spiro atoms. The fourth-order valence-corrected chi connectivity index (χ4v) is 5.77. The van der Waals surface area contributed by atoms with E-state index in [1.54, 1.807) is 0 Å². The van der Waals surface area contributed by atoms with Crippen LogP contribution in [0.3, 0.4) is 0 Å². The number of aliphatic hydroxyl groups excluding tert-OH is 3. The van der Waals surface area contributed by atoms with Gasteiger partial charge in [-0.15, -0.1) is 0 Å². The van der Waals surface area contributed by atoms with Gasteiger partial charge in [0.15, 0.2) is 6.10 Å². The topological polar surface area (TPSA) is 113 Å². The van der Waals surface area contributed by atoms with Gasteiger partial charge in [-0.1, -0.05) is 166 Å². The van der Waals surface area contributed by atoms with Crippen molar-refractivity contribution in [1.29, 1.82) is 0 Å². The summed E-state index contributed by atoms with van der Waals surface area (Å²) in [5, 5.41) is 30.0. The van der Waals surface area contributed by atoms with Gasteiger partial charge in [0.1, 0.15) is 6.61 Å². The van der Waals surface area contributed by atoms with E-state index >= 15 is 0 Å². The first-order valence-electron chi connectivity index (χ1n) is 20.7. The smallest absolute Gasteiger partial charge is 0.306 e. The van der Waals surface area contributed by atoms with E-state index in [1.165, 1.54) is 83.5 Å². The lowest BCUT2D eigenvalue weighted by molar-refractivity contribution is -0.161. The Kier molecular flexibility index (Phi) is 35.9. The number of allylic oxidation sites excluding steroid dienone is 7. The first-order valence-corrected chi connectivity index (χ1v) is 20.7. The van der Waals surface area contributed by atoms with Gasteiger partial charge < -0.3 is 24.8 Å². The van der Waals surface area contributed by atoms with Gasteiger partial charge in [0.05, 0.1) is 18.8 Å². The number of aliphatic hydroxyl groups is 3. The number of rotatable bonds is 36. The molecule has 3 N–H and O–H groups in total. The lowest BCUT2D eigenvalue weighted by atomic mass is 10.0. The predicted octanol–water partition coefficient (Wildman–Crippen LogP) is 10.8. The fourth-order valence-electron chi connectivity index (χ4n) is 5.77. The summed E-state index contributed by atoms with van der Waals surface area (Å²) in [5.41, 5.74) is 0. The van der Waals surface area contributed by atoms with Crippen LogP contribution in [0, 0.1) is 5.92 Å². The Bertz CT molecular complexity index is 907. The highest BCUT2D eigenvalue weighted by Crippen LogP contribution is 2.16. The molecule has 0 aromatic rings. The van der Waals surface area contributed by atoms with E-state index in [0.717, 1.165) is 50.9 Å². The summed E-state index contributed by atoms with van der Waals surface area (Å²) in [5.74, 6) is -0.0348.